The van der Waals surface area contributed by atoms with Gasteiger partial charge >= 0.3 is 0 Å². The summed E-state index contributed by atoms with van der Waals surface area (Å²) in [5, 5.41) is 0. The van der Waals surface area contributed by atoms with Crippen molar-refractivity contribution in [2.24, 2.45) is 0 Å². The monoisotopic (exact) mass is 272 g/mol. The van der Waals surface area contributed by atoms with Gasteiger partial charge in [0, 0.05) is 38.6 Å². The Labute approximate surface area is 121 Å². The van der Waals surface area contributed by atoms with Gasteiger partial charge in [0.2, 0.25) is 5.91 Å². The molecule has 0 N–H and O–H groups in total. The van der Waals surface area contributed by atoms with Crippen molar-refractivity contribution in [2.45, 2.75) is 51.2 Å². The van der Waals surface area contributed by atoms with Crippen LogP contribution in [-0.2, 0) is 11.3 Å². The van der Waals surface area contributed by atoms with Crippen LogP contribution in [0.25, 0.3) is 0 Å². The Morgan fingerprint density at radius 3 is 2.25 bits per heavy atom. The first-order chi connectivity index (χ1) is 9.74. The third-order valence-corrected chi connectivity index (χ3v) is 4.50. The summed E-state index contributed by atoms with van der Waals surface area (Å²) in [5.74, 6) is 0.272. The molecule has 1 heterocycles. The van der Waals surface area contributed by atoms with Gasteiger partial charge < -0.3 is 4.90 Å². The molecular formula is C17H24N2O. The fraction of sp³-hybridized carbons (Fsp3) is 0.588. The summed E-state index contributed by atoms with van der Waals surface area (Å²) < 4.78 is 0. The summed E-state index contributed by atoms with van der Waals surface area (Å²) >= 11 is 0. The van der Waals surface area contributed by atoms with Crippen LogP contribution in [0, 0.1) is 0 Å². The second-order valence-corrected chi connectivity index (χ2v) is 6.15. The number of piperidine rings is 1. The second-order valence-electron chi connectivity index (χ2n) is 6.15. The molecule has 3 nitrogen and oxygen atoms in total. The molecular weight excluding hydrogens is 248 g/mol. The van der Waals surface area contributed by atoms with Crippen LogP contribution in [0.15, 0.2) is 30.3 Å². The first-order valence-corrected chi connectivity index (χ1v) is 7.79. The average Bonchev–Trinajstić information content (AvgIpc) is 3.26. The Kier molecular flexibility index (Phi) is 4.06. The maximum absolute atomic E-state index is 11.8. The minimum Gasteiger partial charge on any atom is -0.337 e. The number of carbonyl (C=O) groups is 1. The molecule has 0 unspecified atom stereocenters. The van der Waals surface area contributed by atoms with Crippen LogP contribution in [-0.4, -0.2) is 40.9 Å². The van der Waals surface area contributed by atoms with Gasteiger partial charge in [0.25, 0.3) is 0 Å². The lowest BCUT2D eigenvalue weighted by atomic mass is 10.0. The van der Waals surface area contributed by atoms with E-state index in [1.807, 2.05) is 0 Å². The van der Waals surface area contributed by atoms with E-state index in [1.54, 1.807) is 6.92 Å². The number of hydrogen-bond donors (Lipinski definition) is 0. The maximum atomic E-state index is 11.8. The van der Waals surface area contributed by atoms with Gasteiger partial charge in [0.1, 0.15) is 0 Å². The van der Waals surface area contributed by atoms with E-state index in [0.29, 0.717) is 12.1 Å². The van der Waals surface area contributed by atoms with E-state index in [-0.39, 0.29) is 5.91 Å². The third-order valence-electron chi connectivity index (χ3n) is 4.50. The van der Waals surface area contributed by atoms with E-state index in [2.05, 4.69) is 40.1 Å². The first-order valence-electron chi connectivity index (χ1n) is 7.79. The molecule has 1 saturated carbocycles. The van der Waals surface area contributed by atoms with Crippen LogP contribution in [0.5, 0.6) is 0 Å². The summed E-state index contributed by atoms with van der Waals surface area (Å²) in [7, 11) is 0. The number of nitrogens with zero attached hydrogens (tertiary/aromatic N) is 2. The van der Waals surface area contributed by atoms with E-state index in [0.717, 1.165) is 32.5 Å². The zero-order valence-electron chi connectivity index (χ0n) is 12.3. The van der Waals surface area contributed by atoms with Crippen molar-refractivity contribution in [1.82, 2.24) is 9.80 Å². The van der Waals surface area contributed by atoms with Gasteiger partial charge in [0.15, 0.2) is 0 Å². The van der Waals surface area contributed by atoms with Gasteiger partial charge in [-0.1, -0.05) is 30.3 Å². The number of amides is 1. The molecule has 0 aromatic heterocycles. The molecule has 2 fully saturated rings. The molecule has 108 valence electrons. The van der Waals surface area contributed by atoms with E-state index >= 15 is 0 Å². The first kappa shape index (κ1) is 13.6. The standard InChI is InChI=1S/C17H24N2O/c1-14(20)19(16-7-8-16)17-9-11-18(12-10-17)13-15-5-3-2-4-6-15/h2-6,16-17H,7-13H2,1H3. The Bertz CT molecular complexity index is 447. The minimum absolute atomic E-state index is 0.272. The van der Waals surface area contributed by atoms with Crippen molar-refractivity contribution in [2.75, 3.05) is 13.1 Å². The number of rotatable bonds is 4. The predicted molar refractivity (Wildman–Crippen MR) is 80.3 cm³/mol. The van der Waals surface area contributed by atoms with Gasteiger partial charge in [-0.3, -0.25) is 9.69 Å². The molecule has 0 bridgehead atoms. The van der Waals surface area contributed by atoms with E-state index < -0.39 is 0 Å². The highest BCUT2D eigenvalue weighted by Crippen LogP contribution is 2.32. The molecule has 3 heteroatoms. The van der Waals surface area contributed by atoms with Gasteiger partial charge in [-0.2, -0.15) is 0 Å². The lowest BCUT2D eigenvalue weighted by molar-refractivity contribution is -0.132. The van der Waals surface area contributed by atoms with Crippen LogP contribution >= 0.6 is 0 Å². The van der Waals surface area contributed by atoms with Crippen molar-refractivity contribution in [1.29, 1.82) is 0 Å². The molecule has 1 amide bonds. The molecule has 1 aliphatic carbocycles. The minimum atomic E-state index is 0.272. The molecule has 3 rings (SSSR count). The SMILES string of the molecule is CC(=O)N(C1CC1)C1CCN(Cc2ccccc2)CC1. The summed E-state index contributed by atoms with van der Waals surface area (Å²) in [4.78, 5) is 16.5. The maximum Gasteiger partial charge on any atom is 0.219 e. The van der Waals surface area contributed by atoms with Crippen LogP contribution < -0.4 is 0 Å². The molecule has 1 aliphatic heterocycles. The molecule has 1 saturated heterocycles. The summed E-state index contributed by atoms with van der Waals surface area (Å²) in [5.41, 5.74) is 1.39. The largest absolute Gasteiger partial charge is 0.337 e. The Morgan fingerprint density at radius 1 is 1.10 bits per heavy atom. The number of hydrogen-bond acceptors (Lipinski definition) is 2. The quantitative estimate of drug-likeness (QED) is 0.841. The van der Waals surface area contributed by atoms with E-state index in [4.69, 9.17) is 0 Å². The highest BCUT2D eigenvalue weighted by molar-refractivity contribution is 5.74. The van der Waals surface area contributed by atoms with E-state index in [1.165, 1.54) is 18.4 Å². The number of likely N-dealkylation sites (tertiary alicyclic amines) is 1. The van der Waals surface area contributed by atoms with Crippen LogP contribution in [0.4, 0.5) is 0 Å². The summed E-state index contributed by atoms with van der Waals surface area (Å²) in [6.07, 6.45) is 4.68. The second kappa shape index (κ2) is 5.96. The molecule has 2 aliphatic rings. The molecule has 0 spiro atoms. The highest BCUT2D eigenvalue weighted by Gasteiger charge is 2.36. The normalized spacial score (nSPS) is 20.9. The molecule has 0 atom stereocenters. The van der Waals surface area contributed by atoms with E-state index in [9.17, 15) is 4.79 Å². The van der Waals surface area contributed by atoms with Gasteiger partial charge in [-0.05, 0) is 31.2 Å². The Hall–Kier alpha value is -1.35. The Balaban J connectivity index is 1.52. The zero-order valence-corrected chi connectivity index (χ0v) is 12.3. The fourth-order valence-electron chi connectivity index (χ4n) is 3.36. The zero-order chi connectivity index (χ0) is 13.9. The Morgan fingerprint density at radius 2 is 1.70 bits per heavy atom. The van der Waals surface area contributed by atoms with Crippen molar-refractivity contribution in [3.05, 3.63) is 35.9 Å². The lowest BCUT2D eigenvalue weighted by Gasteiger charge is -2.38. The highest BCUT2D eigenvalue weighted by atomic mass is 16.2. The van der Waals surface area contributed by atoms with Crippen molar-refractivity contribution >= 4 is 5.91 Å². The van der Waals surface area contributed by atoms with Crippen molar-refractivity contribution < 1.29 is 4.79 Å². The topological polar surface area (TPSA) is 23.6 Å². The van der Waals surface area contributed by atoms with Gasteiger partial charge in [-0.15, -0.1) is 0 Å². The number of carbonyl (C=O) groups excluding carboxylic acids is 1. The van der Waals surface area contributed by atoms with Crippen LogP contribution in [0.1, 0.15) is 38.2 Å². The average molecular weight is 272 g/mol. The summed E-state index contributed by atoms with van der Waals surface area (Å²) in [6.45, 7) is 4.98. The van der Waals surface area contributed by atoms with Crippen LogP contribution in [0.2, 0.25) is 0 Å². The predicted octanol–water partition coefficient (Wildman–Crippen LogP) is 2.66. The molecule has 1 aromatic carbocycles. The third kappa shape index (κ3) is 3.21. The lowest BCUT2D eigenvalue weighted by Crippen LogP contribution is -2.47. The van der Waals surface area contributed by atoms with Crippen LogP contribution in [0.3, 0.4) is 0 Å². The molecule has 20 heavy (non-hydrogen) atoms. The van der Waals surface area contributed by atoms with Gasteiger partial charge in [0.05, 0.1) is 0 Å². The summed E-state index contributed by atoms with van der Waals surface area (Å²) in [6, 6.07) is 11.7. The fourth-order valence-corrected chi connectivity index (χ4v) is 3.36. The van der Waals surface area contributed by atoms with Gasteiger partial charge in [-0.25, -0.2) is 0 Å². The number of benzene rings is 1. The molecule has 0 radical (unpaired) electrons. The van der Waals surface area contributed by atoms with Crippen molar-refractivity contribution in [3.63, 3.8) is 0 Å². The molecule has 1 aromatic rings. The van der Waals surface area contributed by atoms with Crippen molar-refractivity contribution in [3.8, 4) is 0 Å². The smallest absolute Gasteiger partial charge is 0.219 e.